The Hall–Kier alpha value is -2.57. The monoisotopic (exact) mass is 530 g/mol. The molecule has 33 heavy (non-hydrogen) atoms. The van der Waals surface area contributed by atoms with Gasteiger partial charge in [0.1, 0.15) is 11.8 Å². The van der Waals surface area contributed by atoms with E-state index < -0.39 is 6.04 Å². The van der Waals surface area contributed by atoms with Crippen molar-refractivity contribution in [2.24, 2.45) is 0 Å². The number of fused-ring (bicyclic) bond motifs is 1. The van der Waals surface area contributed by atoms with Gasteiger partial charge in [-0.1, -0.05) is 61.0 Å². The number of halogens is 2. The lowest BCUT2D eigenvalue weighted by Crippen LogP contribution is -2.51. The predicted molar refractivity (Wildman–Crippen MR) is 137 cm³/mol. The molecular weight excluding hydrogens is 504 g/mol. The van der Waals surface area contributed by atoms with E-state index in [1.807, 2.05) is 69.3 Å². The first-order chi connectivity index (χ1) is 15.8. The fraction of sp³-hybridized carbons (Fsp3) is 0.308. The van der Waals surface area contributed by atoms with Crippen LogP contribution >= 0.6 is 27.5 Å². The third-order valence-corrected chi connectivity index (χ3v) is 6.33. The van der Waals surface area contributed by atoms with Crippen LogP contribution in [0.3, 0.4) is 0 Å². The number of nitrogens with one attached hydrogen (secondary N) is 1. The maximum Gasteiger partial charge on any atom is 0.261 e. The summed E-state index contributed by atoms with van der Waals surface area (Å²) in [7, 11) is 0. The minimum atomic E-state index is -0.612. The molecule has 0 aliphatic carbocycles. The van der Waals surface area contributed by atoms with Crippen molar-refractivity contribution in [2.75, 3.05) is 6.61 Å². The van der Waals surface area contributed by atoms with Crippen LogP contribution in [0.15, 0.2) is 65.1 Å². The van der Waals surface area contributed by atoms with Crippen molar-refractivity contribution in [1.82, 2.24) is 10.2 Å². The first-order valence-corrected chi connectivity index (χ1v) is 12.1. The Labute approximate surface area is 208 Å². The highest BCUT2D eigenvalue weighted by molar-refractivity contribution is 9.10. The molecule has 3 aromatic rings. The van der Waals surface area contributed by atoms with Crippen molar-refractivity contribution in [3.63, 3.8) is 0 Å². The quantitative estimate of drug-likeness (QED) is 0.370. The summed E-state index contributed by atoms with van der Waals surface area (Å²) in [5.74, 6) is 0.130. The van der Waals surface area contributed by atoms with Gasteiger partial charge in [0.05, 0.1) is 4.47 Å². The molecule has 0 spiro atoms. The Balaban J connectivity index is 1.82. The summed E-state index contributed by atoms with van der Waals surface area (Å²) >= 11 is 9.61. The Kier molecular flexibility index (Phi) is 8.75. The lowest BCUT2D eigenvalue weighted by Gasteiger charge is -2.31. The van der Waals surface area contributed by atoms with Crippen molar-refractivity contribution in [3.05, 3.63) is 75.7 Å². The molecule has 0 bridgehead atoms. The van der Waals surface area contributed by atoms with Gasteiger partial charge in [0.15, 0.2) is 6.61 Å². The van der Waals surface area contributed by atoms with Crippen LogP contribution in [0.4, 0.5) is 0 Å². The number of rotatable bonds is 9. The molecule has 1 unspecified atom stereocenters. The maximum absolute atomic E-state index is 13.3. The molecule has 3 aromatic carbocycles. The van der Waals surface area contributed by atoms with Crippen LogP contribution in [0.5, 0.6) is 5.75 Å². The van der Waals surface area contributed by atoms with Crippen LogP contribution in [0.25, 0.3) is 10.8 Å². The van der Waals surface area contributed by atoms with E-state index in [9.17, 15) is 9.59 Å². The molecule has 0 aliphatic rings. The molecule has 0 heterocycles. The van der Waals surface area contributed by atoms with Crippen LogP contribution in [0, 0.1) is 0 Å². The summed E-state index contributed by atoms with van der Waals surface area (Å²) in [6.07, 6.45) is 0.484. The largest absolute Gasteiger partial charge is 0.483 e. The highest BCUT2D eigenvalue weighted by Crippen LogP contribution is 2.33. The summed E-state index contributed by atoms with van der Waals surface area (Å²) in [4.78, 5) is 27.8. The van der Waals surface area contributed by atoms with Crippen LogP contribution in [-0.2, 0) is 16.1 Å². The van der Waals surface area contributed by atoms with Crippen molar-refractivity contribution >= 4 is 50.1 Å². The number of carbonyl (C=O) groups is 2. The highest BCUT2D eigenvalue weighted by atomic mass is 79.9. The van der Waals surface area contributed by atoms with Gasteiger partial charge in [0.25, 0.3) is 5.91 Å². The smallest absolute Gasteiger partial charge is 0.261 e. The molecule has 2 amide bonds. The topological polar surface area (TPSA) is 58.6 Å². The van der Waals surface area contributed by atoms with Crippen LogP contribution in [0.1, 0.15) is 32.8 Å². The minimum absolute atomic E-state index is 0.0242. The first-order valence-electron chi connectivity index (χ1n) is 10.9. The summed E-state index contributed by atoms with van der Waals surface area (Å²) in [6.45, 7) is 5.79. The molecule has 1 N–H and O–H groups in total. The van der Waals surface area contributed by atoms with Gasteiger partial charge < -0.3 is 15.0 Å². The second-order valence-electron chi connectivity index (χ2n) is 8.12. The van der Waals surface area contributed by atoms with Gasteiger partial charge >= 0.3 is 0 Å². The number of carbonyl (C=O) groups excluding carboxylic acids is 2. The van der Waals surface area contributed by atoms with Gasteiger partial charge in [0, 0.05) is 17.6 Å². The molecule has 174 valence electrons. The molecule has 5 nitrogen and oxygen atoms in total. The lowest BCUT2D eigenvalue weighted by molar-refractivity contribution is -0.143. The van der Waals surface area contributed by atoms with Gasteiger partial charge in [-0.2, -0.15) is 0 Å². The van der Waals surface area contributed by atoms with Crippen molar-refractivity contribution in [2.45, 2.75) is 45.8 Å². The standard InChI is InChI=1S/C26H28BrClN2O3/c1-4-22(26(32)29-17(2)3)30(15-18-9-12-20(28)13-10-18)24(31)16-33-23-14-11-19-7-5-6-8-21(19)25(23)27/h5-14,17,22H,4,15-16H2,1-3H3,(H,29,32). The van der Waals surface area contributed by atoms with Crippen molar-refractivity contribution in [3.8, 4) is 5.75 Å². The number of hydrogen-bond acceptors (Lipinski definition) is 3. The summed E-state index contributed by atoms with van der Waals surface area (Å²) in [6, 6.07) is 18.4. The number of ether oxygens (including phenoxy) is 1. The van der Waals surface area contributed by atoms with E-state index in [4.69, 9.17) is 16.3 Å². The Morgan fingerprint density at radius 3 is 2.42 bits per heavy atom. The number of hydrogen-bond donors (Lipinski definition) is 1. The Morgan fingerprint density at radius 1 is 1.06 bits per heavy atom. The van der Waals surface area contributed by atoms with Crippen LogP contribution < -0.4 is 10.1 Å². The van der Waals surface area contributed by atoms with Gasteiger partial charge in [-0.3, -0.25) is 9.59 Å². The number of amides is 2. The fourth-order valence-corrected chi connectivity index (χ4v) is 4.37. The summed E-state index contributed by atoms with van der Waals surface area (Å²) < 4.78 is 6.70. The molecule has 0 saturated heterocycles. The van der Waals surface area contributed by atoms with Crippen LogP contribution in [0.2, 0.25) is 5.02 Å². The molecule has 0 aliphatic heterocycles. The normalized spacial score (nSPS) is 11.9. The molecule has 7 heteroatoms. The van der Waals surface area contributed by atoms with E-state index >= 15 is 0 Å². The van der Waals surface area contributed by atoms with E-state index in [1.54, 1.807) is 17.0 Å². The summed E-state index contributed by atoms with van der Waals surface area (Å²) in [5, 5.41) is 5.62. The number of nitrogens with zero attached hydrogens (tertiary/aromatic N) is 1. The lowest BCUT2D eigenvalue weighted by atomic mass is 10.1. The predicted octanol–water partition coefficient (Wildman–Crippen LogP) is 5.97. The average Bonchev–Trinajstić information content (AvgIpc) is 2.79. The average molecular weight is 532 g/mol. The third-order valence-electron chi connectivity index (χ3n) is 5.26. The fourth-order valence-electron chi connectivity index (χ4n) is 3.63. The Bertz CT molecular complexity index is 1120. The molecular formula is C26H28BrClN2O3. The van der Waals surface area contributed by atoms with Gasteiger partial charge in [-0.15, -0.1) is 0 Å². The van der Waals surface area contributed by atoms with E-state index in [0.29, 0.717) is 17.2 Å². The third kappa shape index (κ3) is 6.49. The molecule has 0 fully saturated rings. The molecule has 1 atom stereocenters. The van der Waals surface area contributed by atoms with Crippen LogP contribution in [-0.4, -0.2) is 35.4 Å². The zero-order valence-electron chi connectivity index (χ0n) is 19.0. The second-order valence-corrected chi connectivity index (χ2v) is 9.35. The van der Waals surface area contributed by atoms with Crippen molar-refractivity contribution in [1.29, 1.82) is 0 Å². The first kappa shape index (κ1) is 25.1. The molecule has 3 rings (SSSR count). The molecule has 0 aromatic heterocycles. The Morgan fingerprint density at radius 2 is 1.76 bits per heavy atom. The SMILES string of the molecule is CCC(C(=O)NC(C)C)N(Cc1ccc(Cl)cc1)C(=O)COc1ccc2ccccc2c1Br. The van der Waals surface area contributed by atoms with E-state index in [0.717, 1.165) is 20.8 Å². The maximum atomic E-state index is 13.3. The highest BCUT2D eigenvalue weighted by Gasteiger charge is 2.29. The van der Waals surface area contributed by atoms with E-state index in [2.05, 4.69) is 21.2 Å². The van der Waals surface area contributed by atoms with Gasteiger partial charge in [-0.25, -0.2) is 0 Å². The van der Waals surface area contributed by atoms with E-state index in [1.165, 1.54) is 0 Å². The summed E-state index contributed by atoms with van der Waals surface area (Å²) in [5.41, 5.74) is 0.885. The molecule has 0 saturated carbocycles. The van der Waals surface area contributed by atoms with Gasteiger partial charge in [-0.05, 0) is 70.7 Å². The van der Waals surface area contributed by atoms with Gasteiger partial charge in [0.2, 0.25) is 5.91 Å². The minimum Gasteiger partial charge on any atom is -0.483 e. The second kappa shape index (κ2) is 11.5. The number of benzene rings is 3. The van der Waals surface area contributed by atoms with E-state index in [-0.39, 0.29) is 31.0 Å². The zero-order valence-corrected chi connectivity index (χ0v) is 21.3. The molecule has 0 radical (unpaired) electrons. The van der Waals surface area contributed by atoms with Crippen molar-refractivity contribution < 1.29 is 14.3 Å². The zero-order chi connectivity index (χ0) is 24.0.